The number of nitrogens with one attached hydrogen (secondary N) is 1. The van der Waals surface area contributed by atoms with Crippen molar-refractivity contribution in [3.63, 3.8) is 0 Å². The molecule has 0 radical (unpaired) electrons. The van der Waals surface area contributed by atoms with Gasteiger partial charge in [-0.25, -0.2) is 17.2 Å². The zero-order valence-corrected chi connectivity index (χ0v) is 25.6. The molecule has 0 fully saturated rings. The van der Waals surface area contributed by atoms with Crippen molar-refractivity contribution < 1.29 is 26.4 Å². The van der Waals surface area contributed by atoms with Crippen LogP contribution in [0.1, 0.15) is 63.5 Å². The summed E-state index contributed by atoms with van der Waals surface area (Å²) in [6, 6.07) is 8.98. The first-order valence-corrected chi connectivity index (χ1v) is 17.3. The Kier molecular flexibility index (Phi) is 8.63. The highest BCUT2D eigenvalue weighted by Crippen LogP contribution is 2.41. The molecule has 0 saturated heterocycles. The Morgan fingerprint density at radius 2 is 1.78 bits per heavy atom. The molecular formula is C26H35BrF2N2O4SSi. The smallest absolute Gasteiger partial charge is 0.301 e. The lowest BCUT2D eigenvalue weighted by molar-refractivity contribution is 0.0760. The molecule has 0 saturated carbocycles. The van der Waals surface area contributed by atoms with Crippen LogP contribution >= 0.6 is 15.9 Å². The monoisotopic (exact) mass is 616 g/mol. The van der Waals surface area contributed by atoms with Gasteiger partial charge in [-0.1, -0.05) is 48.8 Å². The molecule has 1 heterocycles. The Bertz CT molecular complexity index is 1260. The van der Waals surface area contributed by atoms with Crippen LogP contribution in [0.2, 0.25) is 18.1 Å². The van der Waals surface area contributed by atoms with Crippen LogP contribution in [0.15, 0.2) is 51.3 Å². The third-order valence-electron chi connectivity index (χ3n) is 6.98. The maximum atomic E-state index is 14.8. The van der Waals surface area contributed by atoms with E-state index in [4.69, 9.17) is 9.16 Å². The lowest BCUT2D eigenvalue weighted by atomic mass is 9.97. The van der Waals surface area contributed by atoms with Crippen LogP contribution in [0, 0.1) is 11.6 Å². The van der Waals surface area contributed by atoms with Crippen molar-refractivity contribution in [2.75, 3.05) is 6.61 Å². The number of benzene rings is 2. The van der Waals surface area contributed by atoms with Gasteiger partial charge >= 0.3 is 6.02 Å². The third kappa shape index (κ3) is 6.98. The van der Waals surface area contributed by atoms with E-state index in [1.54, 1.807) is 38.1 Å². The molecule has 11 heteroatoms. The molecule has 0 aliphatic carbocycles. The third-order valence-corrected chi connectivity index (χ3v) is 13.9. The van der Waals surface area contributed by atoms with Gasteiger partial charge in [0.1, 0.15) is 22.5 Å². The molecule has 1 aliphatic rings. The Hall–Kier alpha value is -1.82. The number of rotatable bonds is 7. The number of nitrogens with zero attached hydrogens (tertiary/aromatic N) is 1. The fourth-order valence-electron chi connectivity index (χ4n) is 4.00. The molecule has 3 rings (SSSR count). The van der Waals surface area contributed by atoms with Gasteiger partial charge in [-0.15, -0.1) is 4.40 Å². The lowest BCUT2D eigenvalue weighted by Gasteiger charge is -2.38. The molecule has 0 bridgehead atoms. The van der Waals surface area contributed by atoms with E-state index in [0.29, 0.717) is 5.56 Å². The number of hydrogen-bond acceptors (Lipinski definition) is 5. The highest BCUT2D eigenvalue weighted by atomic mass is 79.9. The summed E-state index contributed by atoms with van der Waals surface area (Å²) in [6.07, 6.45) is 0.242. The molecule has 1 aliphatic heterocycles. The maximum Gasteiger partial charge on any atom is 0.301 e. The first-order valence-electron chi connectivity index (χ1n) is 12.1. The Labute approximate surface area is 228 Å². The molecule has 1 N–H and O–H groups in total. The summed E-state index contributed by atoms with van der Waals surface area (Å²) < 4.78 is 72.5. The number of amidine groups is 1. The van der Waals surface area contributed by atoms with Gasteiger partial charge in [0.25, 0.3) is 10.0 Å². The van der Waals surface area contributed by atoms with E-state index >= 15 is 0 Å². The van der Waals surface area contributed by atoms with E-state index in [2.05, 4.69) is 59.5 Å². The van der Waals surface area contributed by atoms with Gasteiger partial charge in [-0.05, 0) is 74.3 Å². The van der Waals surface area contributed by atoms with Gasteiger partial charge in [0.05, 0.1) is 6.04 Å². The van der Waals surface area contributed by atoms with Crippen LogP contribution in [-0.4, -0.2) is 35.0 Å². The van der Waals surface area contributed by atoms with Gasteiger partial charge in [-0.3, -0.25) is 0 Å². The summed E-state index contributed by atoms with van der Waals surface area (Å²) >= 11 is 3.36. The van der Waals surface area contributed by atoms with Crippen molar-refractivity contribution in [2.24, 2.45) is 4.40 Å². The van der Waals surface area contributed by atoms with Crippen LogP contribution < -0.4 is 5.32 Å². The van der Waals surface area contributed by atoms with Crippen LogP contribution in [0.3, 0.4) is 0 Å². The molecule has 2 aromatic carbocycles. The summed E-state index contributed by atoms with van der Waals surface area (Å²) in [5.74, 6) is -1.24. The van der Waals surface area contributed by atoms with Crippen LogP contribution in [0.4, 0.5) is 8.78 Å². The van der Waals surface area contributed by atoms with Crippen molar-refractivity contribution in [3.05, 3.63) is 69.7 Å². The van der Waals surface area contributed by atoms with Gasteiger partial charge in [0.2, 0.25) is 0 Å². The molecule has 0 spiro atoms. The van der Waals surface area contributed by atoms with E-state index in [1.807, 2.05) is 0 Å². The van der Waals surface area contributed by atoms with E-state index < -0.39 is 46.9 Å². The van der Waals surface area contributed by atoms with Crippen molar-refractivity contribution >= 4 is 40.3 Å². The second-order valence-electron chi connectivity index (χ2n) is 11.3. The summed E-state index contributed by atoms with van der Waals surface area (Å²) in [5.41, 5.74) is -0.624. The molecule has 0 aromatic heterocycles. The predicted molar refractivity (Wildman–Crippen MR) is 148 cm³/mol. The molecule has 2 aromatic rings. The standard InChI is InChI=1S/C26H35BrF2N2O4SSi/c1-25(2,3)37(6,7)34-15-14-22(20-16-19(28)12-13-21(20)29)30-24-31-36(32,33)23(26(4,5)35-24)17-8-10-18(27)11-9-17/h8-13,16,22-23H,14-15H2,1-7H3,(H,30,31)/t22-,23?/m0/s1. The fraction of sp³-hybridized carbons (Fsp3) is 0.500. The Morgan fingerprint density at radius 3 is 2.35 bits per heavy atom. The van der Waals surface area contributed by atoms with E-state index in [0.717, 1.165) is 22.7 Å². The number of sulfonamides is 1. The van der Waals surface area contributed by atoms with Crippen LogP contribution in [0.5, 0.6) is 0 Å². The summed E-state index contributed by atoms with van der Waals surface area (Å²) in [5, 5.41) is 1.85. The Balaban J connectivity index is 1.92. The van der Waals surface area contributed by atoms with E-state index in [1.165, 1.54) is 0 Å². The van der Waals surface area contributed by atoms with Gasteiger partial charge < -0.3 is 14.5 Å². The maximum absolute atomic E-state index is 14.8. The molecule has 37 heavy (non-hydrogen) atoms. The van der Waals surface area contributed by atoms with Gasteiger partial charge in [0.15, 0.2) is 8.32 Å². The second kappa shape index (κ2) is 10.7. The molecule has 204 valence electrons. The van der Waals surface area contributed by atoms with Crippen LogP contribution in [-0.2, 0) is 19.2 Å². The minimum Gasteiger partial charge on any atom is -0.457 e. The first-order chi connectivity index (χ1) is 16.9. The Morgan fingerprint density at radius 1 is 1.16 bits per heavy atom. The quantitative estimate of drug-likeness (QED) is 0.339. The van der Waals surface area contributed by atoms with Crippen LogP contribution in [0.25, 0.3) is 0 Å². The number of ether oxygens (including phenoxy) is 1. The first kappa shape index (κ1) is 29.7. The molecule has 6 nitrogen and oxygen atoms in total. The van der Waals surface area contributed by atoms with Crippen molar-refractivity contribution in [3.8, 4) is 0 Å². The summed E-state index contributed by atoms with van der Waals surface area (Å²) in [6.45, 7) is 14.1. The molecule has 1 unspecified atom stereocenters. The van der Waals surface area contributed by atoms with E-state index in [9.17, 15) is 17.2 Å². The number of hydrogen-bond donors (Lipinski definition) is 1. The van der Waals surface area contributed by atoms with Gasteiger partial charge in [-0.2, -0.15) is 0 Å². The summed E-state index contributed by atoms with van der Waals surface area (Å²) in [7, 11) is -6.17. The van der Waals surface area contributed by atoms with Crippen molar-refractivity contribution in [1.29, 1.82) is 0 Å². The molecule has 2 atom stereocenters. The topological polar surface area (TPSA) is 77.0 Å². The zero-order valence-electron chi connectivity index (χ0n) is 22.2. The largest absolute Gasteiger partial charge is 0.457 e. The normalized spacial score (nSPS) is 20.1. The van der Waals surface area contributed by atoms with Crippen molar-refractivity contribution in [2.45, 2.75) is 76.1 Å². The molecular weight excluding hydrogens is 582 g/mol. The zero-order chi connectivity index (χ0) is 27.8. The SMILES string of the molecule is CC1(C)OC(N[C@@H](CCO[Si](C)(C)C(C)(C)C)c2cc(F)ccc2F)=NS(=O)(=O)C1c1ccc(Br)cc1. The highest BCUT2D eigenvalue weighted by Gasteiger charge is 2.47. The fourth-order valence-corrected chi connectivity index (χ4v) is 7.02. The average molecular weight is 618 g/mol. The minimum absolute atomic E-state index is 0.0310. The number of halogens is 3. The molecule has 0 amide bonds. The van der Waals surface area contributed by atoms with Gasteiger partial charge in [0, 0.05) is 16.6 Å². The lowest BCUT2D eigenvalue weighted by Crippen LogP contribution is -2.48. The predicted octanol–water partition coefficient (Wildman–Crippen LogP) is 7.01. The second-order valence-corrected chi connectivity index (χ2v) is 18.7. The van der Waals surface area contributed by atoms with E-state index in [-0.39, 0.29) is 29.7 Å². The van der Waals surface area contributed by atoms with Crippen molar-refractivity contribution in [1.82, 2.24) is 5.32 Å². The average Bonchev–Trinajstić information content (AvgIpc) is 2.73. The summed E-state index contributed by atoms with van der Waals surface area (Å²) in [4.78, 5) is 0. The minimum atomic E-state index is -4.06. The highest BCUT2D eigenvalue weighted by molar-refractivity contribution is 9.10.